The molecule has 7 nitrogen and oxygen atoms in total. The first kappa shape index (κ1) is 14.2. The monoisotopic (exact) mass is 290 g/mol. The van der Waals surface area contributed by atoms with E-state index in [1.165, 1.54) is 18.4 Å². The van der Waals surface area contributed by atoms with Crippen LogP contribution in [0, 0.1) is 0 Å². The molecule has 0 aliphatic heterocycles. The number of aliphatic hydroxyl groups excluding tert-OH is 1. The molecule has 2 atom stereocenters. The molecule has 2 N–H and O–H groups in total. The summed E-state index contributed by atoms with van der Waals surface area (Å²) < 4.78 is 3.73. The van der Waals surface area contributed by atoms with E-state index in [0.29, 0.717) is 17.8 Å². The van der Waals surface area contributed by atoms with Gasteiger partial charge in [-0.25, -0.2) is 4.68 Å². The predicted molar refractivity (Wildman–Crippen MR) is 77.3 cm³/mol. The average Bonchev–Trinajstić information content (AvgIpc) is 3.14. The fourth-order valence-corrected chi connectivity index (χ4v) is 3.03. The quantitative estimate of drug-likeness (QED) is 0.850. The highest BCUT2D eigenvalue weighted by Gasteiger charge is 2.27. The van der Waals surface area contributed by atoms with Crippen LogP contribution in [0.3, 0.4) is 0 Å². The zero-order chi connectivity index (χ0) is 14.7. The maximum Gasteiger partial charge on any atom is 0.108 e. The lowest BCUT2D eigenvalue weighted by atomic mass is 9.90. The van der Waals surface area contributed by atoms with E-state index >= 15 is 0 Å². The molecule has 2 aromatic rings. The Hall–Kier alpha value is -1.73. The Morgan fingerprint density at radius 2 is 2.19 bits per heavy atom. The molecule has 1 aliphatic carbocycles. The van der Waals surface area contributed by atoms with Gasteiger partial charge < -0.3 is 10.4 Å². The summed E-state index contributed by atoms with van der Waals surface area (Å²) in [5.74, 6) is 0. The van der Waals surface area contributed by atoms with Crippen LogP contribution in [0.2, 0.25) is 0 Å². The van der Waals surface area contributed by atoms with Gasteiger partial charge in [0.25, 0.3) is 0 Å². The number of rotatable bonds is 5. The third-order valence-electron chi connectivity index (χ3n) is 4.12. The van der Waals surface area contributed by atoms with Crippen molar-refractivity contribution in [1.82, 2.24) is 30.1 Å². The van der Waals surface area contributed by atoms with E-state index in [-0.39, 0.29) is 6.61 Å². The van der Waals surface area contributed by atoms with Gasteiger partial charge in [-0.2, -0.15) is 5.10 Å². The first-order chi connectivity index (χ1) is 10.3. The van der Waals surface area contributed by atoms with Crippen molar-refractivity contribution >= 4 is 0 Å². The number of nitrogens with one attached hydrogen (secondary N) is 1. The highest BCUT2D eigenvalue weighted by molar-refractivity contribution is 5.04. The van der Waals surface area contributed by atoms with Crippen LogP contribution in [0.4, 0.5) is 0 Å². The number of nitrogens with zero attached hydrogens (tertiary/aromatic N) is 5. The van der Waals surface area contributed by atoms with Crippen LogP contribution in [0.5, 0.6) is 0 Å². The molecule has 1 aliphatic rings. The van der Waals surface area contributed by atoms with Gasteiger partial charge in [0, 0.05) is 31.4 Å². The highest BCUT2D eigenvalue weighted by Crippen LogP contribution is 2.28. The van der Waals surface area contributed by atoms with Gasteiger partial charge in [0.15, 0.2) is 0 Å². The topological polar surface area (TPSA) is 80.8 Å². The van der Waals surface area contributed by atoms with E-state index in [1.54, 1.807) is 0 Å². The van der Waals surface area contributed by atoms with Crippen molar-refractivity contribution < 1.29 is 5.11 Å². The third kappa shape index (κ3) is 3.30. The van der Waals surface area contributed by atoms with E-state index in [0.717, 1.165) is 19.4 Å². The molecular formula is C14H22N6O. The Balaban J connectivity index is 1.66. The zero-order valence-electron chi connectivity index (χ0n) is 12.3. The van der Waals surface area contributed by atoms with Crippen LogP contribution in [0.25, 0.3) is 0 Å². The van der Waals surface area contributed by atoms with Gasteiger partial charge in [0.05, 0.1) is 25.0 Å². The van der Waals surface area contributed by atoms with Gasteiger partial charge in [-0.1, -0.05) is 18.1 Å². The summed E-state index contributed by atoms with van der Waals surface area (Å²) in [5, 5.41) is 25.1. The average molecular weight is 290 g/mol. The molecule has 114 valence electrons. The molecule has 21 heavy (non-hydrogen) atoms. The summed E-state index contributed by atoms with van der Waals surface area (Å²) in [4.78, 5) is 0. The minimum absolute atomic E-state index is 0.0551. The molecule has 0 spiro atoms. The van der Waals surface area contributed by atoms with Crippen LogP contribution >= 0.6 is 0 Å². The minimum atomic E-state index is -0.0551. The highest BCUT2D eigenvalue weighted by atomic mass is 16.3. The van der Waals surface area contributed by atoms with Crippen LogP contribution in [0.15, 0.2) is 18.6 Å². The summed E-state index contributed by atoms with van der Waals surface area (Å²) in [6, 6.07) is 0.690. The third-order valence-corrected chi connectivity index (χ3v) is 4.12. The number of aryl methyl sites for hydroxylation is 1. The lowest BCUT2D eigenvalue weighted by Gasteiger charge is -2.32. The van der Waals surface area contributed by atoms with E-state index < -0.39 is 0 Å². The molecule has 1 saturated carbocycles. The molecule has 2 aromatic heterocycles. The van der Waals surface area contributed by atoms with Crippen molar-refractivity contribution in [3.63, 3.8) is 0 Å². The number of hydrogen-bond acceptors (Lipinski definition) is 5. The Bertz CT molecular complexity index is 578. The molecule has 2 heterocycles. The van der Waals surface area contributed by atoms with Gasteiger partial charge in [0.1, 0.15) is 5.69 Å². The summed E-state index contributed by atoms with van der Waals surface area (Å²) in [6.07, 6.45) is 10.5. The lowest BCUT2D eigenvalue weighted by molar-refractivity contribution is 0.242. The maximum absolute atomic E-state index is 9.13. The van der Waals surface area contributed by atoms with Gasteiger partial charge >= 0.3 is 0 Å². The molecule has 0 amide bonds. The fraction of sp³-hybridized carbons (Fsp3) is 0.643. The smallest absolute Gasteiger partial charge is 0.108 e. The second kappa shape index (κ2) is 6.36. The van der Waals surface area contributed by atoms with Gasteiger partial charge in [-0.3, -0.25) is 4.68 Å². The Kier molecular flexibility index (Phi) is 4.31. The fourth-order valence-electron chi connectivity index (χ4n) is 3.03. The van der Waals surface area contributed by atoms with Crippen molar-refractivity contribution in [2.75, 3.05) is 0 Å². The van der Waals surface area contributed by atoms with Crippen LogP contribution in [-0.4, -0.2) is 35.9 Å². The number of aliphatic hydroxyl groups is 1. The van der Waals surface area contributed by atoms with E-state index in [4.69, 9.17) is 5.11 Å². The molecule has 0 aromatic carbocycles. The van der Waals surface area contributed by atoms with Gasteiger partial charge in [-0.15, -0.1) is 5.10 Å². The number of aromatic nitrogens is 5. The van der Waals surface area contributed by atoms with Crippen molar-refractivity contribution in [3.05, 3.63) is 29.8 Å². The van der Waals surface area contributed by atoms with E-state index in [1.807, 2.05) is 35.0 Å². The molecule has 0 unspecified atom stereocenters. The standard InChI is InChI=1S/C14H22N6O/c1-19-8-11(7-16-19)6-15-13-4-2-3-5-14(13)20-9-12(10-21)17-18-20/h7-9,13-15,21H,2-6,10H2,1H3/t13-,14+/m0/s1. The maximum atomic E-state index is 9.13. The van der Waals surface area contributed by atoms with Crippen LogP contribution < -0.4 is 5.32 Å². The van der Waals surface area contributed by atoms with Crippen molar-refractivity contribution in [2.24, 2.45) is 7.05 Å². The second-order valence-corrected chi connectivity index (χ2v) is 5.71. The van der Waals surface area contributed by atoms with Crippen molar-refractivity contribution in [3.8, 4) is 0 Å². The second-order valence-electron chi connectivity index (χ2n) is 5.71. The molecule has 3 rings (SSSR count). The number of hydrogen-bond donors (Lipinski definition) is 2. The predicted octanol–water partition coefficient (Wildman–Crippen LogP) is 0.777. The normalized spacial score (nSPS) is 22.6. The van der Waals surface area contributed by atoms with E-state index in [9.17, 15) is 0 Å². The van der Waals surface area contributed by atoms with E-state index in [2.05, 4.69) is 20.7 Å². The first-order valence-corrected chi connectivity index (χ1v) is 7.49. The Morgan fingerprint density at radius 1 is 1.33 bits per heavy atom. The van der Waals surface area contributed by atoms with Crippen LogP contribution in [-0.2, 0) is 20.2 Å². The first-order valence-electron chi connectivity index (χ1n) is 7.49. The SMILES string of the molecule is Cn1cc(CN[C@H]2CCCC[C@H]2n2cc(CO)nn2)cn1. The summed E-state index contributed by atoms with van der Waals surface area (Å²) in [5.41, 5.74) is 1.82. The summed E-state index contributed by atoms with van der Waals surface area (Å²) in [7, 11) is 1.93. The Labute approximate surface area is 124 Å². The molecular weight excluding hydrogens is 268 g/mol. The summed E-state index contributed by atoms with van der Waals surface area (Å²) >= 11 is 0. The molecule has 0 radical (unpaired) electrons. The molecule has 1 fully saturated rings. The Morgan fingerprint density at radius 3 is 2.90 bits per heavy atom. The van der Waals surface area contributed by atoms with Gasteiger partial charge in [-0.05, 0) is 12.8 Å². The van der Waals surface area contributed by atoms with Crippen LogP contribution in [0.1, 0.15) is 43.0 Å². The minimum Gasteiger partial charge on any atom is -0.390 e. The molecule has 7 heteroatoms. The van der Waals surface area contributed by atoms with Crippen molar-refractivity contribution in [2.45, 2.75) is 50.9 Å². The van der Waals surface area contributed by atoms with Crippen molar-refractivity contribution in [1.29, 1.82) is 0 Å². The summed E-state index contributed by atoms with van der Waals surface area (Å²) in [6.45, 7) is 0.761. The lowest BCUT2D eigenvalue weighted by Crippen LogP contribution is -2.39. The zero-order valence-corrected chi connectivity index (χ0v) is 12.3. The largest absolute Gasteiger partial charge is 0.390 e. The molecule has 0 bridgehead atoms. The van der Waals surface area contributed by atoms with Gasteiger partial charge in [0.2, 0.25) is 0 Å². The molecule has 0 saturated heterocycles.